The lowest BCUT2D eigenvalue weighted by molar-refractivity contribution is -0.385. The fourth-order valence-corrected chi connectivity index (χ4v) is 1.59. The van der Waals surface area contributed by atoms with E-state index in [1.54, 1.807) is 13.8 Å². The van der Waals surface area contributed by atoms with E-state index in [-0.39, 0.29) is 17.4 Å². The van der Waals surface area contributed by atoms with Crippen LogP contribution in [0.5, 0.6) is 0 Å². The lowest BCUT2D eigenvalue weighted by Gasteiger charge is -2.14. The molecule has 0 saturated carbocycles. The van der Waals surface area contributed by atoms with Gasteiger partial charge in [0.25, 0.3) is 5.69 Å². The van der Waals surface area contributed by atoms with E-state index in [4.69, 9.17) is 9.47 Å². The minimum atomic E-state index is -1.05. The maximum atomic E-state index is 11.9. The van der Waals surface area contributed by atoms with Crippen LogP contribution < -0.4 is 0 Å². The molecule has 0 spiro atoms. The number of nitro benzene ring substituents is 1. The zero-order chi connectivity index (χ0) is 16.2. The van der Waals surface area contributed by atoms with Crippen LogP contribution in [-0.2, 0) is 14.3 Å². The van der Waals surface area contributed by atoms with Gasteiger partial charge in [-0.2, -0.15) is 0 Å². The van der Waals surface area contributed by atoms with E-state index in [1.807, 2.05) is 0 Å². The molecule has 1 atom stereocenters. The number of hydrogen-bond donors (Lipinski definition) is 0. The molecule has 0 heterocycles. The normalized spacial score (nSPS) is 11.9. The van der Waals surface area contributed by atoms with Crippen molar-refractivity contribution in [2.45, 2.75) is 39.9 Å². The van der Waals surface area contributed by atoms with Crippen molar-refractivity contribution in [3.8, 4) is 0 Å². The van der Waals surface area contributed by atoms with Gasteiger partial charge in [-0.1, -0.05) is 0 Å². The maximum absolute atomic E-state index is 11.9. The van der Waals surface area contributed by atoms with Crippen molar-refractivity contribution < 1.29 is 24.0 Å². The number of carbonyl (C=O) groups excluding carboxylic acids is 2. The summed E-state index contributed by atoms with van der Waals surface area (Å²) in [6.07, 6.45) is -1.35. The second-order valence-electron chi connectivity index (χ2n) is 4.79. The summed E-state index contributed by atoms with van der Waals surface area (Å²) in [4.78, 5) is 33.6. The van der Waals surface area contributed by atoms with E-state index in [9.17, 15) is 19.7 Å². The van der Waals surface area contributed by atoms with Crippen LogP contribution in [0.2, 0.25) is 0 Å². The highest BCUT2D eigenvalue weighted by Gasteiger charge is 2.22. The molecule has 0 aromatic heterocycles. The molecule has 0 aliphatic heterocycles. The van der Waals surface area contributed by atoms with E-state index in [0.717, 1.165) is 0 Å². The SMILES string of the molecule is Cc1cc(C(=O)O[C@H](C)C(=O)OC(C)C)ccc1[N+](=O)[O-]. The van der Waals surface area contributed by atoms with Crippen LogP contribution in [0.25, 0.3) is 0 Å². The molecule has 0 radical (unpaired) electrons. The van der Waals surface area contributed by atoms with Gasteiger partial charge in [0.15, 0.2) is 6.10 Å². The van der Waals surface area contributed by atoms with Gasteiger partial charge in [-0.15, -0.1) is 0 Å². The number of nitro groups is 1. The van der Waals surface area contributed by atoms with Crippen molar-refractivity contribution in [2.75, 3.05) is 0 Å². The lowest BCUT2D eigenvalue weighted by Crippen LogP contribution is -2.28. The van der Waals surface area contributed by atoms with Crippen LogP contribution in [0.15, 0.2) is 18.2 Å². The van der Waals surface area contributed by atoms with Crippen LogP contribution in [-0.4, -0.2) is 29.1 Å². The third kappa shape index (κ3) is 4.55. The number of nitrogens with zero attached hydrogens (tertiary/aromatic N) is 1. The summed E-state index contributed by atoms with van der Waals surface area (Å²) >= 11 is 0. The fraction of sp³-hybridized carbons (Fsp3) is 0.429. The monoisotopic (exact) mass is 295 g/mol. The first-order valence-electron chi connectivity index (χ1n) is 6.39. The largest absolute Gasteiger partial charge is 0.460 e. The third-order valence-corrected chi connectivity index (χ3v) is 2.60. The van der Waals surface area contributed by atoms with Crippen molar-refractivity contribution in [1.29, 1.82) is 0 Å². The number of aryl methyl sites for hydroxylation is 1. The Bertz CT molecular complexity index is 567. The minimum Gasteiger partial charge on any atom is -0.460 e. The first-order chi connectivity index (χ1) is 9.72. The number of ether oxygens (including phenoxy) is 2. The highest BCUT2D eigenvalue weighted by atomic mass is 16.6. The first-order valence-corrected chi connectivity index (χ1v) is 6.39. The van der Waals surface area contributed by atoms with Crippen molar-refractivity contribution in [2.24, 2.45) is 0 Å². The lowest BCUT2D eigenvalue weighted by atomic mass is 10.1. The number of esters is 2. The van der Waals surface area contributed by atoms with Crippen molar-refractivity contribution in [1.82, 2.24) is 0 Å². The molecule has 21 heavy (non-hydrogen) atoms. The summed E-state index contributed by atoms with van der Waals surface area (Å²) in [5, 5.41) is 10.7. The van der Waals surface area contributed by atoms with E-state index in [2.05, 4.69) is 0 Å². The molecular formula is C14H17NO6. The van der Waals surface area contributed by atoms with E-state index >= 15 is 0 Å². The average molecular weight is 295 g/mol. The maximum Gasteiger partial charge on any atom is 0.347 e. The number of benzene rings is 1. The van der Waals surface area contributed by atoms with E-state index < -0.39 is 23.0 Å². The van der Waals surface area contributed by atoms with Crippen molar-refractivity contribution in [3.05, 3.63) is 39.4 Å². The Balaban J connectivity index is 2.78. The van der Waals surface area contributed by atoms with Gasteiger partial charge in [0.1, 0.15) is 0 Å². The van der Waals surface area contributed by atoms with Gasteiger partial charge in [0, 0.05) is 11.6 Å². The number of hydrogen-bond acceptors (Lipinski definition) is 6. The Hall–Kier alpha value is -2.44. The predicted molar refractivity (Wildman–Crippen MR) is 73.9 cm³/mol. The highest BCUT2D eigenvalue weighted by Crippen LogP contribution is 2.19. The van der Waals surface area contributed by atoms with Crippen LogP contribution in [0, 0.1) is 17.0 Å². The van der Waals surface area contributed by atoms with Gasteiger partial charge < -0.3 is 9.47 Å². The van der Waals surface area contributed by atoms with Crippen LogP contribution in [0.1, 0.15) is 36.7 Å². The first kappa shape index (κ1) is 16.6. The second-order valence-corrected chi connectivity index (χ2v) is 4.79. The average Bonchev–Trinajstić information content (AvgIpc) is 2.36. The summed E-state index contributed by atoms with van der Waals surface area (Å²) < 4.78 is 9.89. The molecule has 0 aliphatic rings. The van der Waals surface area contributed by atoms with Gasteiger partial charge in [-0.25, -0.2) is 9.59 Å². The number of rotatable bonds is 5. The molecule has 0 saturated heterocycles. The van der Waals surface area contributed by atoms with Crippen molar-refractivity contribution in [3.63, 3.8) is 0 Å². The topological polar surface area (TPSA) is 95.7 Å². The molecule has 0 unspecified atom stereocenters. The quantitative estimate of drug-likeness (QED) is 0.470. The van der Waals surface area contributed by atoms with Gasteiger partial charge in [-0.3, -0.25) is 10.1 Å². The third-order valence-electron chi connectivity index (χ3n) is 2.60. The summed E-state index contributed by atoms with van der Waals surface area (Å²) in [5.41, 5.74) is 0.396. The zero-order valence-electron chi connectivity index (χ0n) is 12.3. The molecule has 1 aromatic rings. The Labute approximate surface area is 122 Å². The summed E-state index contributed by atoms with van der Waals surface area (Å²) in [7, 11) is 0. The molecule has 1 aromatic carbocycles. The highest BCUT2D eigenvalue weighted by molar-refractivity contribution is 5.92. The van der Waals surface area contributed by atoms with Gasteiger partial charge >= 0.3 is 11.9 Å². The van der Waals surface area contributed by atoms with Crippen molar-refractivity contribution >= 4 is 17.6 Å². The molecule has 7 nitrogen and oxygen atoms in total. The Morgan fingerprint density at radius 2 is 1.81 bits per heavy atom. The van der Waals surface area contributed by atoms with Crippen LogP contribution in [0.4, 0.5) is 5.69 Å². The fourth-order valence-electron chi connectivity index (χ4n) is 1.59. The standard InChI is InChI=1S/C14H17NO6/c1-8(2)20-13(16)10(4)21-14(17)11-5-6-12(15(18)19)9(3)7-11/h5-8,10H,1-4H3/t10-/m1/s1. The molecule has 0 aliphatic carbocycles. The molecule has 1 rings (SSSR count). The molecule has 0 amide bonds. The van der Waals surface area contributed by atoms with Gasteiger partial charge in [0.2, 0.25) is 0 Å². The molecule has 114 valence electrons. The molecule has 0 bridgehead atoms. The summed E-state index contributed by atoms with van der Waals surface area (Å²) in [6.45, 7) is 6.30. The second kappa shape index (κ2) is 6.83. The summed E-state index contributed by atoms with van der Waals surface area (Å²) in [6, 6.07) is 3.86. The van der Waals surface area contributed by atoms with Gasteiger partial charge in [-0.05, 0) is 39.8 Å². The molecule has 0 fully saturated rings. The number of carbonyl (C=O) groups is 2. The molecule has 7 heteroatoms. The van der Waals surface area contributed by atoms with Gasteiger partial charge in [0.05, 0.1) is 16.6 Å². The van der Waals surface area contributed by atoms with Crippen LogP contribution in [0.3, 0.4) is 0 Å². The Morgan fingerprint density at radius 3 is 2.29 bits per heavy atom. The minimum absolute atomic E-state index is 0.0844. The van der Waals surface area contributed by atoms with E-state index in [1.165, 1.54) is 32.0 Å². The predicted octanol–water partition coefficient (Wildman–Crippen LogP) is 2.40. The Kier molecular flexibility index (Phi) is 5.40. The van der Waals surface area contributed by atoms with Crippen LogP contribution >= 0.6 is 0 Å². The zero-order valence-corrected chi connectivity index (χ0v) is 12.3. The summed E-state index contributed by atoms with van der Waals surface area (Å²) in [5.74, 6) is -1.38. The molecule has 0 N–H and O–H groups in total. The smallest absolute Gasteiger partial charge is 0.347 e. The van der Waals surface area contributed by atoms with E-state index in [0.29, 0.717) is 5.56 Å². The molecular weight excluding hydrogens is 278 g/mol. The Morgan fingerprint density at radius 1 is 1.19 bits per heavy atom.